The van der Waals surface area contributed by atoms with Gasteiger partial charge in [-0.15, -0.1) is 0 Å². The van der Waals surface area contributed by atoms with E-state index in [1.165, 1.54) is 0 Å². The van der Waals surface area contributed by atoms with E-state index in [0.29, 0.717) is 5.92 Å². The Morgan fingerprint density at radius 3 is 2.60 bits per heavy atom. The van der Waals surface area contributed by atoms with Gasteiger partial charge in [0.2, 0.25) is 0 Å². The van der Waals surface area contributed by atoms with Gasteiger partial charge in [-0.3, -0.25) is 0 Å². The molecule has 2 aromatic rings. The van der Waals surface area contributed by atoms with Crippen molar-refractivity contribution in [1.29, 1.82) is 0 Å². The molecule has 0 radical (unpaired) electrons. The van der Waals surface area contributed by atoms with Crippen LogP contribution in [0, 0.1) is 6.92 Å². The molecule has 2 nitrogen and oxygen atoms in total. The second-order valence-corrected chi connectivity index (χ2v) is 4.29. The summed E-state index contributed by atoms with van der Waals surface area (Å²) in [6.07, 6.45) is 0. The molecule has 0 fully saturated rings. The molecule has 0 bridgehead atoms. The van der Waals surface area contributed by atoms with Crippen LogP contribution in [0.4, 0.5) is 0 Å². The second-order valence-electron chi connectivity index (χ2n) is 4.29. The molecule has 2 rings (SSSR count). The van der Waals surface area contributed by atoms with Crippen LogP contribution in [0.25, 0.3) is 11.0 Å². The lowest BCUT2D eigenvalue weighted by Gasteiger charge is -1.99. The molecular formula is C13H16O2. The number of aliphatic hydroxyl groups excluding tert-OH is 1. The molecule has 0 saturated carbocycles. The van der Waals surface area contributed by atoms with Gasteiger partial charge in [0.05, 0.1) is 6.61 Å². The lowest BCUT2D eigenvalue weighted by molar-refractivity contribution is 0.282. The van der Waals surface area contributed by atoms with Gasteiger partial charge >= 0.3 is 0 Å². The average Bonchev–Trinajstić information content (AvgIpc) is 2.61. The highest BCUT2D eigenvalue weighted by atomic mass is 16.3. The number of furan rings is 1. The summed E-state index contributed by atoms with van der Waals surface area (Å²) in [6, 6.07) is 6.01. The molecule has 0 aliphatic heterocycles. The first-order valence-electron chi connectivity index (χ1n) is 5.25. The molecule has 0 aliphatic carbocycles. The number of hydrogen-bond acceptors (Lipinski definition) is 2. The minimum Gasteiger partial charge on any atom is -0.461 e. The Balaban J connectivity index is 2.64. The third-order valence-corrected chi connectivity index (χ3v) is 2.63. The fourth-order valence-electron chi connectivity index (χ4n) is 1.80. The van der Waals surface area contributed by atoms with Crippen LogP contribution in [0.2, 0.25) is 0 Å². The number of rotatable bonds is 2. The van der Waals surface area contributed by atoms with Crippen molar-refractivity contribution in [3.05, 3.63) is 35.1 Å². The monoisotopic (exact) mass is 204 g/mol. The van der Waals surface area contributed by atoms with Crippen molar-refractivity contribution in [1.82, 2.24) is 0 Å². The van der Waals surface area contributed by atoms with E-state index in [0.717, 1.165) is 27.9 Å². The highest BCUT2D eigenvalue weighted by Gasteiger charge is 2.09. The van der Waals surface area contributed by atoms with Gasteiger partial charge in [0, 0.05) is 11.3 Å². The lowest BCUT2D eigenvalue weighted by Crippen LogP contribution is -1.84. The van der Waals surface area contributed by atoms with E-state index < -0.39 is 0 Å². The zero-order chi connectivity index (χ0) is 11.0. The highest BCUT2D eigenvalue weighted by Crippen LogP contribution is 2.28. The van der Waals surface area contributed by atoms with Crippen LogP contribution in [-0.4, -0.2) is 5.11 Å². The van der Waals surface area contributed by atoms with Crippen LogP contribution in [0.1, 0.15) is 36.7 Å². The Morgan fingerprint density at radius 2 is 2.00 bits per heavy atom. The van der Waals surface area contributed by atoms with E-state index in [1.807, 2.05) is 19.1 Å². The fraction of sp³-hybridized carbons (Fsp3) is 0.385. The minimum absolute atomic E-state index is 0.0823. The van der Waals surface area contributed by atoms with Crippen LogP contribution >= 0.6 is 0 Å². The summed E-state index contributed by atoms with van der Waals surface area (Å²) in [7, 11) is 0. The standard InChI is InChI=1S/C13H16O2/c1-8(2)12-6-11-5-10(7-14)4-9(3)13(11)15-12/h4-6,8,14H,7H2,1-3H3. The van der Waals surface area contributed by atoms with Crippen LogP contribution in [-0.2, 0) is 6.61 Å². The fourth-order valence-corrected chi connectivity index (χ4v) is 1.80. The number of aliphatic hydroxyl groups is 1. The molecular weight excluding hydrogens is 188 g/mol. The molecule has 0 unspecified atom stereocenters. The molecule has 0 aliphatic rings. The van der Waals surface area contributed by atoms with Crippen molar-refractivity contribution < 1.29 is 9.52 Å². The number of benzene rings is 1. The van der Waals surface area contributed by atoms with Crippen LogP contribution in [0.3, 0.4) is 0 Å². The Bertz CT molecular complexity index is 480. The first-order chi connectivity index (χ1) is 7.11. The molecule has 0 saturated heterocycles. The molecule has 2 heteroatoms. The van der Waals surface area contributed by atoms with Gasteiger partial charge in [-0.25, -0.2) is 0 Å². The Morgan fingerprint density at radius 1 is 1.27 bits per heavy atom. The van der Waals surface area contributed by atoms with Gasteiger partial charge in [0.15, 0.2) is 0 Å². The lowest BCUT2D eigenvalue weighted by atomic mass is 10.1. The van der Waals surface area contributed by atoms with Crippen LogP contribution in [0.15, 0.2) is 22.6 Å². The summed E-state index contributed by atoms with van der Waals surface area (Å²) >= 11 is 0. The molecule has 0 atom stereocenters. The Hall–Kier alpha value is -1.28. The number of hydrogen-bond donors (Lipinski definition) is 1. The molecule has 1 N–H and O–H groups in total. The molecule has 15 heavy (non-hydrogen) atoms. The van der Waals surface area contributed by atoms with E-state index >= 15 is 0 Å². The van der Waals surface area contributed by atoms with Crippen molar-refractivity contribution in [2.24, 2.45) is 0 Å². The maximum atomic E-state index is 9.11. The van der Waals surface area contributed by atoms with Crippen molar-refractivity contribution in [2.45, 2.75) is 33.3 Å². The topological polar surface area (TPSA) is 33.4 Å². The van der Waals surface area contributed by atoms with E-state index in [2.05, 4.69) is 19.9 Å². The third-order valence-electron chi connectivity index (χ3n) is 2.63. The van der Waals surface area contributed by atoms with Gasteiger partial charge in [0.1, 0.15) is 11.3 Å². The Labute approximate surface area is 89.5 Å². The molecule has 1 aromatic heterocycles. The predicted molar refractivity (Wildman–Crippen MR) is 61.0 cm³/mol. The zero-order valence-corrected chi connectivity index (χ0v) is 9.37. The summed E-state index contributed by atoms with van der Waals surface area (Å²) in [5.74, 6) is 1.40. The van der Waals surface area contributed by atoms with Gasteiger partial charge in [0.25, 0.3) is 0 Å². The SMILES string of the molecule is Cc1cc(CO)cc2cc(C(C)C)oc12. The summed E-state index contributed by atoms with van der Waals surface area (Å²) in [6.45, 7) is 6.31. The third kappa shape index (κ3) is 1.77. The summed E-state index contributed by atoms with van der Waals surface area (Å²) in [4.78, 5) is 0. The Kier molecular flexibility index (Phi) is 2.53. The second kappa shape index (κ2) is 3.70. The maximum absolute atomic E-state index is 9.11. The first-order valence-corrected chi connectivity index (χ1v) is 5.25. The summed E-state index contributed by atoms with van der Waals surface area (Å²) in [5.41, 5.74) is 2.97. The maximum Gasteiger partial charge on any atom is 0.137 e. The van der Waals surface area contributed by atoms with Gasteiger partial charge in [-0.2, -0.15) is 0 Å². The summed E-state index contributed by atoms with van der Waals surface area (Å²) in [5, 5.41) is 10.2. The minimum atomic E-state index is 0.0823. The normalized spacial score (nSPS) is 11.5. The van der Waals surface area contributed by atoms with Gasteiger partial charge in [-0.05, 0) is 30.2 Å². The van der Waals surface area contributed by atoms with Gasteiger partial charge in [-0.1, -0.05) is 19.9 Å². The molecule has 0 amide bonds. The predicted octanol–water partition coefficient (Wildman–Crippen LogP) is 3.36. The van der Waals surface area contributed by atoms with Crippen molar-refractivity contribution >= 4 is 11.0 Å². The highest BCUT2D eigenvalue weighted by molar-refractivity contribution is 5.82. The number of fused-ring (bicyclic) bond motifs is 1. The molecule has 0 spiro atoms. The summed E-state index contributed by atoms with van der Waals surface area (Å²) < 4.78 is 5.78. The smallest absolute Gasteiger partial charge is 0.137 e. The van der Waals surface area contributed by atoms with E-state index in [-0.39, 0.29) is 6.61 Å². The molecule has 80 valence electrons. The average molecular weight is 204 g/mol. The van der Waals surface area contributed by atoms with E-state index in [9.17, 15) is 0 Å². The number of aryl methyl sites for hydroxylation is 1. The largest absolute Gasteiger partial charge is 0.461 e. The quantitative estimate of drug-likeness (QED) is 0.813. The van der Waals surface area contributed by atoms with Crippen molar-refractivity contribution in [3.63, 3.8) is 0 Å². The zero-order valence-electron chi connectivity index (χ0n) is 9.37. The van der Waals surface area contributed by atoms with Crippen molar-refractivity contribution in [3.8, 4) is 0 Å². The van der Waals surface area contributed by atoms with Crippen LogP contribution in [0.5, 0.6) is 0 Å². The first kappa shape index (κ1) is 10.2. The van der Waals surface area contributed by atoms with E-state index in [4.69, 9.17) is 9.52 Å². The molecule has 1 heterocycles. The van der Waals surface area contributed by atoms with Gasteiger partial charge < -0.3 is 9.52 Å². The van der Waals surface area contributed by atoms with E-state index in [1.54, 1.807) is 0 Å². The van der Waals surface area contributed by atoms with Crippen molar-refractivity contribution in [2.75, 3.05) is 0 Å². The molecule has 1 aromatic carbocycles. The van der Waals surface area contributed by atoms with Crippen LogP contribution < -0.4 is 0 Å².